The third-order valence-corrected chi connectivity index (χ3v) is 7.48. The van der Waals surface area contributed by atoms with Gasteiger partial charge in [0.25, 0.3) is 0 Å². The Morgan fingerprint density at radius 3 is 2.37 bits per heavy atom. The van der Waals surface area contributed by atoms with Crippen molar-refractivity contribution in [2.24, 2.45) is 5.18 Å². The number of halogens is 1. The van der Waals surface area contributed by atoms with E-state index >= 15 is 0 Å². The Balaban J connectivity index is 1.62. The molecule has 2 atom stereocenters. The predicted molar refractivity (Wildman–Crippen MR) is 141 cm³/mol. The van der Waals surface area contributed by atoms with Crippen LogP contribution in [0.15, 0.2) is 66.0 Å². The highest BCUT2D eigenvalue weighted by Crippen LogP contribution is 2.39. The number of hydrogen-bond acceptors (Lipinski definition) is 4. The third kappa shape index (κ3) is 5.96. The molecule has 0 radical (unpaired) electrons. The van der Waals surface area contributed by atoms with Crippen LogP contribution in [0.3, 0.4) is 0 Å². The highest BCUT2D eigenvalue weighted by Gasteiger charge is 2.25. The molecule has 1 amide bonds. The fourth-order valence-electron chi connectivity index (χ4n) is 5.24. The van der Waals surface area contributed by atoms with E-state index < -0.39 is 6.04 Å². The van der Waals surface area contributed by atoms with Gasteiger partial charge in [0.1, 0.15) is 6.04 Å². The number of aryl methyl sites for hydroxylation is 2. The standard InChI is InChI=1S/C29H32ClN3O2/c1-19-16-26(30)8-9-27(19)28(18-29(32-35)25-10-13-31-20(2)17-25)24-6-4-22(5-7-24)23-11-14-33(15-12-23)21(3)34/h4-10,13,16-17,23,28-29H,11-12,14-15,18H2,1-3H3. The summed E-state index contributed by atoms with van der Waals surface area (Å²) in [5.74, 6) is 0.610. The summed E-state index contributed by atoms with van der Waals surface area (Å²) in [4.78, 5) is 29.8. The molecule has 0 N–H and O–H groups in total. The fraction of sp³-hybridized carbons (Fsp3) is 0.379. The van der Waals surface area contributed by atoms with Crippen molar-refractivity contribution >= 4 is 17.5 Å². The Labute approximate surface area is 212 Å². The van der Waals surface area contributed by atoms with E-state index in [-0.39, 0.29) is 11.8 Å². The molecule has 0 saturated carbocycles. The molecule has 0 spiro atoms. The number of likely N-dealkylation sites (tertiary alicyclic amines) is 1. The van der Waals surface area contributed by atoms with Gasteiger partial charge in [-0.15, -0.1) is 0 Å². The summed E-state index contributed by atoms with van der Waals surface area (Å²) in [5, 5.41) is 4.21. The zero-order valence-corrected chi connectivity index (χ0v) is 21.3. The molecule has 5 nitrogen and oxygen atoms in total. The summed E-state index contributed by atoms with van der Waals surface area (Å²) in [6, 6.07) is 18.1. The summed E-state index contributed by atoms with van der Waals surface area (Å²) >= 11 is 6.25. The molecule has 1 aliphatic rings. The smallest absolute Gasteiger partial charge is 0.219 e. The quantitative estimate of drug-likeness (QED) is 0.332. The molecule has 2 unspecified atom stereocenters. The lowest BCUT2D eigenvalue weighted by Gasteiger charge is -2.31. The number of amides is 1. The van der Waals surface area contributed by atoms with Crippen molar-refractivity contribution in [1.29, 1.82) is 0 Å². The van der Waals surface area contributed by atoms with Crippen LogP contribution in [0.4, 0.5) is 0 Å². The molecule has 6 heteroatoms. The normalized spacial score (nSPS) is 16.1. The summed E-state index contributed by atoms with van der Waals surface area (Å²) in [6.07, 6.45) is 4.26. The Morgan fingerprint density at radius 1 is 1.06 bits per heavy atom. The van der Waals surface area contributed by atoms with Gasteiger partial charge in [-0.2, -0.15) is 4.91 Å². The molecule has 1 saturated heterocycles. The SMILES string of the molecule is CC(=O)N1CCC(c2ccc(C(CC(N=O)c3ccnc(C)c3)c3ccc(Cl)cc3C)cc2)CC1. The summed E-state index contributed by atoms with van der Waals surface area (Å²) in [6.45, 7) is 7.25. The molecule has 2 heterocycles. The van der Waals surface area contributed by atoms with Crippen molar-refractivity contribution in [2.75, 3.05) is 13.1 Å². The van der Waals surface area contributed by atoms with Crippen LogP contribution in [-0.2, 0) is 4.79 Å². The number of benzene rings is 2. The summed E-state index contributed by atoms with van der Waals surface area (Å²) < 4.78 is 0. The first-order valence-electron chi connectivity index (χ1n) is 12.2. The molecule has 4 rings (SSSR count). The minimum atomic E-state index is -0.479. The van der Waals surface area contributed by atoms with E-state index in [4.69, 9.17) is 11.6 Å². The lowest BCUT2D eigenvalue weighted by atomic mass is 9.81. The number of nitrogens with zero attached hydrogens (tertiary/aromatic N) is 3. The van der Waals surface area contributed by atoms with Crippen LogP contribution in [0, 0.1) is 18.8 Å². The maximum atomic E-state index is 12.0. The van der Waals surface area contributed by atoms with Crippen molar-refractivity contribution in [1.82, 2.24) is 9.88 Å². The molecular formula is C29H32ClN3O2. The van der Waals surface area contributed by atoms with Crippen molar-refractivity contribution in [2.45, 2.75) is 57.9 Å². The average Bonchev–Trinajstić information content (AvgIpc) is 2.86. The minimum Gasteiger partial charge on any atom is -0.343 e. The zero-order valence-electron chi connectivity index (χ0n) is 20.6. The zero-order chi connectivity index (χ0) is 24.9. The summed E-state index contributed by atoms with van der Waals surface area (Å²) in [5.41, 5.74) is 6.46. The molecule has 1 aromatic heterocycles. The van der Waals surface area contributed by atoms with Gasteiger partial charge in [-0.05, 0) is 91.1 Å². The maximum Gasteiger partial charge on any atom is 0.219 e. The second-order valence-corrected chi connectivity index (χ2v) is 10.0. The first kappa shape index (κ1) is 25.1. The maximum absolute atomic E-state index is 12.0. The van der Waals surface area contributed by atoms with Gasteiger partial charge in [0.05, 0.1) is 0 Å². The van der Waals surface area contributed by atoms with Crippen LogP contribution in [0.1, 0.15) is 77.6 Å². The lowest BCUT2D eigenvalue weighted by Crippen LogP contribution is -2.36. The molecule has 3 aromatic rings. The van der Waals surface area contributed by atoms with Crippen molar-refractivity contribution in [3.05, 3.63) is 104 Å². The van der Waals surface area contributed by atoms with E-state index in [1.54, 1.807) is 13.1 Å². The van der Waals surface area contributed by atoms with E-state index in [0.717, 1.165) is 53.9 Å². The monoisotopic (exact) mass is 489 g/mol. The third-order valence-electron chi connectivity index (χ3n) is 7.25. The largest absolute Gasteiger partial charge is 0.343 e. The van der Waals surface area contributed by atoms with Gasteiger partial charge in [0, 0.05) is 42.8 Å². The van der Waals surface area contributed by atoms with Crippen LogP contribution in [0.2, 0.25) is 5.02 Å². The Kier molecular flexibility index (Phi) is 7.97. The van der Waals surface area contributed by atoms with E-state index in [2.05, 4.69) is 47.4 Å². The van der Waals surface area contributed by atoms with E-state index in [1.165, 1.54) is 5.56 Å². The number of nitroso groups, excluding NO2 is 1. The fourth-order valence-corrected chi connectivity index (χ4v) is 5.47. The topological polar surface area (TPSA) is 62.6 Å². The van der Waals surface area contributed by atoms with Crippen LogP contribution in [0.5, 0.6) is 0 Å². The van der Waals surface area contributed by atoms with Crippen molar-refractivity contribution in [3.8, 4) is 0 Å². The lowest BCUT2D eigenvalue weighted by molar-refractivity contribution is -0.129. The van der Waals surface area contributed by atoms with Gasteiger partial charge in [-0.1, -0.05) is 47.1 Å². The number of pyridine rings is 1. The van der Waals surface area contributed by atoms with Gasteiger partial charge in [0.15, 0.2) is 0 Å². The van der Waals surface area contributed by atoms with Crippen molar-refractivity contribution < 1.29 is 4.79 Å². The average molecular weight is 490 g/mol. The van der Waals surface area contributed by atoms with Gasteiger partial charge in [-0.3, -0.25) is 9.78 Å². The Morgan fingerprint density at radius 2 is 1.77 bits per heavy atom. The molecule has 35 heavy (non-hydrogen) atoms. The van der Waals surface area contributed by atoms with Crippen LogP contribution in [0.25, 0.3) is 0 Å². The number of aromatic nitrogens is 1. The molecule has 1 fully saturated rings. The first-order chi connectivity index (χ1) is 16.9. The number of piperidine rings is 1. The Hall–Kier alpha value is -3.05. The van der Waals surface area contributed by atoms with Gasteiger partial charge in [0.2, 0.25) is 5.91 Å². The molecule has 182 valence electrons. The number of carbonyl (C=O) groups is 1. The highest BCUT2D eigenvalue weighted by atomic mass is 35.5. The van der Waals surface area contributed by atoms with E-state index in [0.29, 0.717) is 17.4 Å². The highest BCUT2D eigenvalue weighted by molar-refractivity contribution is 6.30. The van der Waals surface area contributed by atoms with Crippen molar-refractivity contribution in [3.63, 3.8) is 0 Å². The van der Waals surface area contributed by atoms with E-state index in [9.17, 15) is 9.70 Å². The van der Waals surface area contributed by atoms with Gasteiger partial charge in [-0.25, -0.2) is 0 Å². The number of hydrogen-bond donors (Lipinski definition) is 0. The molecule has 2 aromatic carbocycles. The number of carbonyl (C=O) groups excluding carboxylic acids is 1. The number of rotatable bonds is 7. The van der Waals surface area contributed by atoms with Gasteiger partial charge >= 0.3 is 0 Å². The Bertz CT molecular complexity index is 1190. The van der Waals surface area contributed by atoms with E-state index in [1.807, 2.05) is 36.1 Å². The first-order valence-corrected chi connectivity index (χ1v) is 12.6. The molecule has 0 aliphatic carbocycles. The second kappa shape index (κ2) is 11.1. The summed E-state index contributed by atoms with van der Waals surface area (Å²) in [7, 11) is 0. The molecule has 0 bridgehead atoms. The van der Waals surface area contributed by atoms with Gasteiger partial charge < -0.3 is 4.90 Å². The van der Waals surface area contributed by atoms with Crippen LogP contribution < -0.4 is 0 Å². The molecule has 1 aliphatic heterocycles. The molecular weight excluding hydrogens is 458 g/mol. The van der Waals surface area contributed by atoms with Crippen LogP contribution in [-0.4, -0.2) is 28.9 Å². The van der Waals surface area contributed by atoms with Crippen LogP contribution >= 0.6 is 11.6 Å². The minimum absolute atomic E-state index is 0.00273. The predicted octanol–water partition coefficient (Wildman–Crippen LogP) is 7.11. The second-order valence-electron chi connectivity index (χ2n) is 9.59.